The number of nitrogens with zero attached hydrogens (tertiary/aromatic N) is 1. The van der Waals surface area contributed by atoms with Crippen molar-refractivity contribution < 1.29 is 14.3 Å². The van der Waals surface area contributed by atoms with Crippen molar-refractivity contribution >= 4 is 11.9 Å². The van der Waals surface area contributed by atoms with Crippen molar-refractivity contribution in [2.45, 2.75) is 64.8 Å². The van der Waals surface area contributed by atoms with E-state index in [1.54, 1.807) is 0 Å². The fraction of sp³-hybridized carbons (Fsp3) is 0.875. The van der Waals surface area contributed by atoms with Crippen molar-refractivity contribution in [2.24, 2.45) is 0 Å². The minimum atomic E-state index is -0.246. The highest BCUT2D eigenvalue weighted by molar-refractivity contribution is 5.80. The highest BCUT2D eigenvalue weighted by atomic mass is 16.5. The molecule has 1 saturated heterocycles. The molecule has 0 saturated carbocycles. The summed E-state index contributed by atoms with van der Waals surface area (Å²) >= 11 is 0. The van der Waals surface area contributed by atoms with E-state index in [4.69, 9.17) is 4.74 Å². The molecule has 1 aliphatic rings. The Morgan fingerprint density at radius 2 is 2.00 bits per heavy atom. The number of amides is 1. The number of hydrogen-bond acceptors (Lipinski definition) is 4. The molecule has 5 nitrogen and oxygen atoms in total. The zero-order valence-corrected chi connectivity index (χ0v) is 13.5. The van der Waals surface area contributed by atoms with Crippen molar-refractivity contribution in [3.05, 3.63) is 0 Å². The van der Waals surface area contributed by atoms with Crippen LogP contribution in [0.2, 0.25) is 0 Å². The van der Waals surface area contributed by atoms with Crippen LogP contribution in [-0.4, -0.2) is 49.1 Å². The van der Waals surface area contributed by atoms with Gasteiger partial charge in [0.2, 0.25) is 5.91 Å². The molecule has 1 aliphatic heterocycles. The summed E-state index contributed by atoms with van der Waals surface area (Å²) in [6.07, 6.45) is 7.46. The fourth-order valence-electron chi connectivity index (χ4n) is 2.71. The SMILES string of the molecule is CCCCCCNC(=O)CN1CCCC[C@H]1C(=O)OCC. The smallest absolute Gasteiger partial charge is 0.323 e. The van der Waals surface area contributed by atoms with E-state index in [0.29, 0.717) is 13.2 Å². The molecule has 0 aromatic rings. The van der Waals surface area contributed by atoms with E-state index >= 15 is 0 Å². The van der Waals surface area contributed by atoms with Gasteiger partial charge in [-0.05, 0) is 32.7 Å². The van der Waals surface area contributed by atoms with Crippen LogP contribution in [0.5, 0.6) is 0 Å². The molecule has 1 atom stereocenters. The highest BCUT2D eigenvalue weighted by Gasteiger charge is 2.30. The van der Waals surface area contributed by atoms with Gasteiger partial charge in [0.05, 0.1) is 13.2 Å². The van der Waals surface area contributed by atoms with E-state index in [1.165, 1.54) is 12.8 Å². The monoisotopic (exact) mass is 298 g/mol. The molecule has 0 aromatic heterocycles. The third kappa shape index (κ3) is 6.93. The number of nitrogens with one attached hydrogen (secondary N) is 1. The lowest BCUT2D eigenvalue weighted by atomic mass is 10.0. The van der Waals surface area contributed by atoms with Crippen LogP contribution in [0.1, 0.15) is 58.8 Å². The summed E-state index contributed by atoms with van der Waals surface area (Å²) in [6, 6.07) is -0.246. The van der Waals surface area contributed by atoms with Gasteiger partial charge in [0.15, 0.2) is 0 Å². The zero-order valence-electron chi connectivity index (χ0n) is 13.5. The number of carbonyl (C=O) groups is 2. The Hall–Kier alpha value is -1.10. The van der Waals surface area contributed by atoms with Gasteiger partial charge in [-0.15, -0.1) is 0 Å². The molecule has 0 radical (unpaired) electrons. The summed E-state index contributed by atoms with van der Waals surface area (Å²) in [5.41, 5.74) is 0. The number of rotatable bonds is 9. The number of likely N-dealkylation sites (tertiary alicyclic amines) is 1. The van der Waals surface area contributed by atoms with Crippen LogP contribution in [0.3, 0.4) is 0 Å². The molecule has 0 aromatic carbocycles. The number of ether oxygens (including phenoxy) is 1. The van der Waals surface area contributed by atoms with Gasteiger partial charge in [-0.2, -0.15) is 0 Å². The second-order valence-corrected chi connectivity index (χ2v) is 5.64. The summed E-state index contributed by atoms with van der Waals surface area (Å²) in [4.78, 5) is 25.9. The number of esters is 1. The van der Waals surface area contributed by atoms with Crippen molar-refractivity contribution in [1.82, 2.24) is 10.2 Å². The summed E-state index contributed by atoms with van der Waals surface area (Å²) in [5.74, 6) is -0.171. The van der Waals surface area contributed by atoms with Crippen LogP contribution >= 0.6 is 0 Å². The molecule has 1 N–H and O–H groups in total. The predicted molar refractivity (Wildman–Crippen MR) is 83.0 cm³/mol. The zero-order chi connectivity index (χ0) is 15.5. The Morgan fingerprint density at radius 3 is 2.71 bits per heavy atom. The number of unbranched alkanes of at least 4 members (excludes halogenated alkanes) is 3. The number of hydrogen-bond donors (Lipinski definition) is 1. The second kappa shape index (κ2) is 10.6. The Labute approximate surface area is 128 Å². The Morgan fingerprint density at radius 1 is 1.19 bits per heavy atom. The largest absolute Gasteiger partial charge is 0.465 e. The number of piperidine rings is 1. The van der Waals surface area contributed by atoms with Crippen LogP contribution in [0, 0.1) is 0 Å². The van der Waals surface area contributed by atoms with E-state index in [-0.39, 0.29) is 17.9 Å². The normalized spacial score (nSPS) is 19.2. The first-order chi connectivity index (χ1) is 10.2. The minimum absolute atomic E-state index is 0.0164. The van der Waals surface area contributed by atoms with E-state index in [9.17, 15) is 9.59 Å². The van der Waals surface area contributed by atoms with Crippen molar-refractivity contribution in [2.75, 3.05) is 26.2 Å². The number of carbonyl (C=O) groups excluding carboxylic acids is 2. The fourth-order valence-corrected chi connectivity index (χ4v) is 2.71. The molecular formula is C16H30N2O3. The molecule has 0 spiro atoms. The highest BCUT2D eigenvalue weighted by Crippen LogP contribution is 2.17. The van der Waals surface area contributed by atoms with Gasteiger partial charge in [-0.1, -0.05) is 32.6 Å². The van der Waals surface area contributed by atoms with Gasteiger partial charge < -0.3 is 10.1 Å². The van der Waals surface area contributed by atoms with Crippen LogP contribution in [0.25, 0.3) is 0 Å². The lowest BCUT2D eigenvalue weighted by Gasteiger charge is -2.33. The molecule has 1 heterocycles. The minimum Gasteiger partial charge on any atom is -0.465 e. The third-order valence-electron chi connectivity index (χ3n) is 3.87. The molecule has 0 bridgehead atoms. The van der Waals surface area contributed by atoms with Crippen molar-refractivity contribution in [3.63, 3.8) is 0 Å². The first-order valence-electron chi connectivity index (χ1n) is 8.36. The van der Waals surface area contributed by atoms with E-state index in [1.807, 2.05) is 11.8 Å². The molecule has 0 unspecified atom stereocenters. The lowest BCUT2D eigenvalue weighted by molar-refractivity contribution is -0.151. The maximum absolute atomic E-state index is 12.0. The molecule has 0 aliphatic carbocycles. The Kier molecular flexibility index (Phi) is 9.06. The average Bonchev–Trinajstić information content (AvgIpc) is 2.48. The Bertz CT molecular complexity index is 321. The average molecular weight is 298 g/mol. The summed E-state index contributed by atoms with van der Waals surface area (Å²) in [5, 5.41) is 2.95. The summed E-state index contributed by atoms with van der Waals surface area (Å²) in [7, 11) is 0. The van der Waals surface area contributed by atoms with Gasteiger partial charge in [0.25, 0.3) is 0 Å². The van der Waals surface area contributed by atoms with E-state index in [0.717, 1.165) is 45.2 Å². The Balaban J connectivity index is 2.32. The topological polar surface area (TPSA) is 58.6 Å². The van der Waals surface area contributed by atoms with Crippen LogP contribution in [0.15, 0.2) is 0 Å². The van der Waals surface area contributed by atoms with Crippen molar-refractivity contribution in [3.8, 4) is 0 Å². The molecule has 21 heavy (non-hydrogen) atoms. The molecule has 1 rings (SSSR count). The second-order valence-electron chi connectivity index (χ2n) is 5.64. The van der Waals surface area contributed by atoms with Gasteiger partial charge >= 0.3 is 5.97 Å². The van der Waals surface area contributed by atoms with Crippen LogP contribution in [-0.2, 0) is 14.3 Å². The molecule has 5 heteroatoms. The summed E-state index contributed by atoms with van der Waals surface area (Å²) < 4.78 is 5.11. The molecule has 1 fully saturated rings. The van der Waals surface area contributed by atoms with Crippen LogP contribution < -0.4 is 5.32 Å². The van der Waals surface area contributed by atoms with Gasteiger partial charge in [-0.25, -0.2) is 0 Å². The predicted octanol–water partition coefficient (Wildman–Crippen LogP) is 2.10. The maximum Gasteiger partial charge on any atom is 0.323 e. The standard InChI is InChI=1S/C16H30N2O3/c1-3-5-6-8-11-17-15(19)13-18-12-9-7-10-14(18)16(20)21-4-2/h14H,3-13H2,1-2H3,(H,17,19)/t14-/m0/s1. The lowest BCUT2D eigenvalue weighted by Crippen LogP contribution is -2.49. The van der Waals surface area contributed by atoms with E-state index < -0.39 is 0 Å². The quantitative estimate of drug-likeness (QED) is 0.523. The molecule has 1 amide bonds. The van der Waals surface area contributed by atoms with Crippen LogP contribution in [0.4, 0.5) is 0 Å². The first kappa shape index (κ1) is 18.0. The third-order valence-corrected chi connectivity index (χ3v) is 3.87. The first-order valence-corrected chi connectivity index (χ1v) is 8.36. The van der Waals surface area contributed by atoms with Gasteiger partial charge in [-0.3, -0.25) is 14.5 Å². The maximum atomic E-state index is 12.0. The van der Waals surface area contributed by atoms with E-state index in [2.05, 4.69) is 12.2 Å². The molecular weight excluding hydrogens is 268 g/mol. The summed E-state index contributed by atoms with van der Waals surface area (Å²) in [6.45, 7) is 6.21. The van der Waals surface area contributed by atoms with Gasteiger partial charge in [0, 0.05) is 6.54 Å². The molecule has 122 valence electrons. The van der Waals surface area contributed by atoms with Crippen molar-refractivity contribution in [1.29, 1.82) is 0 Å². The van der Waals surface area contributed by atoms with Gasteiger partial charge in [0.1, 0.15) is 6.04 Å².